The van der Waals surface area contributed by atoms with Crippen LogP contribution in [0.3, 0.4) is 0 Å². The molecule has 1 atom stereocenters. The molecule has 8 heteroatoms. The first-order chi connectivity index (χ1) is 12.2. The summed E-state index contributed by atoms with van der Waals surface area (Å²) < 4.78 is 43.7. The number of halogens is 3. The molecule has 0 aliphatic rings. The second kappa shape index (κ2) is 8.84. The Kier molecular flexibility index (Phi) is 7.56. The van der Waals surface area contributed by atoms with E-state index in [0.717, 1.165) is 6.08 Å². The fourth-order valence-electron chi connectivity index (χ4n) is 1.81. The third-order valence-corrected chi connectivity index (χ3v) is 9.04. The lowest BCUT2D eigenvalue weighted by Gasteiger charge is -2.37. The molecule has 27 heavy (non-hydrogen) atoms. The average molecular weight is 402 g/mol. The molecule has 1 rings (SSSR count). The van der Waals surface area contributed by atoms with Gasteiger partial charge in [0.1, 0.15) is 0 Å². The lowest BCUT2D eigenvalue weighted by atomic mass is 10.1. The van der Waals surface area contributed by atoms with E-state index in [9.17, 15) is 22.8 Å². The number of carbonyl (C=O) groups excluding carboxylic acids is 2. The van der Waals surface area contributed by atoms with Gasteiger partial charge in [0.25, 0.3) is 0 Å². The van der Waals surface area contributed by atoms with Crippen LogP contribution in [0.4, 0.5) is 13.2 Å². The molecule has 0 saturated carbocycles. The van der Waals surface area contributed by atoms with Crippen LogP contribution in [-0.2, 0) is 9.22 Å². The van der Waals surface area contributed by atoms with Crippen molar-refractivity contribution in [2.24, 2.45) is 0 Å². The number of carbonyl (C=O) groups is 2. The second-order valence-electron chi connectivity index (χ2n) is 7.74. The number of hydrogen-bond acceptors (Lipinski definition) is 3. The van der Waals surface area contributed by atoms with E-state index in [1.807, 2.05) is 39.2 Å². The number of ketones is 1. The van der Waals surface area contributed by atoms with Gasteiger partial charge in [-0.15, -0.1) is 0 Å². The zero-order valence-corrected chi connectivity index (χ0v) is 17.2. The SMILES string of the molecule is CC(C)(C)[Si](C)(C)OCC(/C=C/C(=O)c1ccccc1)NC(=O)C(F)(F)F. The molecule has 0 fully saturated rings. The first kappa shape index (κ1) is 23.1. The van der Waals surface area contributed by atoms with Crippen LogP contribution in [-0.4, -0.2) is 38.8 Å². The van der Waals surface area contributed by atoms with Crippen LogP contribution < -0.4 is 5.32 Å². The molecule has 150 valence electrons. The highest BCUT2D eigenvalue weighted by Gasteiger charge is 2.41. The number of nitrogens with one attached hydrogen (secondary N) is 1. The topological polar surface area (TPSA) is 55.4 Å². The molecule has 1 aromatic rings. The van der Waals surface area contributed by atoms with Gasteiger partial charge >= 0.3 is 12.1 Å². The summed E-state index contributed by atoms with van der Waals surface area (Å²) in [5, 5.41) is 1.74. The standard InChI is InChI=1S/C19H26F3NO3Si/c1-18(2,3)27(4,5)26-13-15(23-17(25)19(20,21)22)11-12-16(24)14-9-7-6-8-10-14/h6-12,15H,13H2,1-5H3,(H,23,25)/b12-11+. The van der Waals surface area contributed by atoms with Crippen LogP contribution in [0.5, 0.6) is 0 Å². The lowest BCUT2D eigenvalue weighted by molar-refractivity contribution is -0.174. The molecule has 1 aromatic carbocycles. The molecule has 0 heterocycles. The molecule has 1 amide bonds. The minimum atomic E-state index is -5.01. The van der Waals surface area contributed by atoms with E-state index in [1.54, 1.807) is 30.3 Å². The molecular formula is C19H26F3NO3Si. The van der Waals surface area contributed by atoms with Gasteiger partial charge in [-0.05, 0) is 24.2 Å². The van der Waals surface area contributed by atoms with Gasteiger partial charge in [0.15, 0.2) is 14.1 Å². The van der Waals surface area contributed by atoms with E-state index in [2.05, 4.69) is 0 Å². The molecule has 4 nitrogen and oxygen atoms in total. The van der Waals surface area contributed by atoms with Crippen LogP contribution in [0.1, 0.15) is 31.1 Å². The van der Waals surface area contributed by atoms with Crippen molar-refractivity contribution in [3.8, 4) is 0 Å². The third-order valence-electron chi connectivity index (χ3n) is 4.54. The van der Waals surface area contributed by atoms with Crippen molar-refractivity contribution in [2.75, 3.05) is 6.61 Å². The van der Waals surface area contributed by atoms with Gasteiger partial charge in [-0.1, -0.05) is 57.2 Å². The summed E-state index contributed by atoms with van der Waals surface area (Å²) >= 11 is 0. The molecule has 0 spiro atoms. The fourth-order valence-corrected chi connectivity index (χ4v) is 2.84. The molecule has 0 aliphatic carbocycles. The van der Waals surface area contributed by atoms with Gasteiger partial charge in [0.05, 0.1) is 12.6 Å². The number of alkyl halides is 3. The highest BCUT2D eigenvalue weighted by Crippen LogP contribution is 2.36. The van der Waals surface area contributed by atoms with Crippen molar-refractivity contribution in [1.29, 1.82) is 0 Å². The summed E-state index contributed by atoms with van der Waals surface area (Å²) in [7, 11) is -2.24. The van der Waals surface area contributed by atoms with Gasteiger partial charge in [-0.25, -0.2) is 0 Å². The minimum Gasteiger partial charge on any atom is -0.414 e. The van der Waals surface area contributed by atoms with Crippen molar-refractivity contribution >= 4 is 20.0 Å². The normalized spacial score (nSPS) is 14.2. The number of amides is 1. The summed E-state index contributed by atoms with van der Waals surface area (Å²) in [6.07, 6.45) is -2.61. The minimum absolute atomic E-state index is 0.142. The van der Waals surface area contributed by atoms with Crippen molar-refractivity contribution < 1.29 is 27.2 Å². The quantitative estimate of drug-likeness (QED) is 0.416. The third kappa shape index (κ3) is 7.30. The largest absolute Gasteiger partial charge is 0.471 e. The van der Waals surface area contributed by atoms with Gasteiger partial charge in [-0.3, -0.25) is 9.59 Å². The maximum absolute atomic E-state index is 12.6. The Hall–Kier alpha value is -1.93. The molecule has 0 bridgehead atoms. The number of rotatable bonds is 7. The number of allylic oxidation sites excluding steroid dienone is 1. The van der Waals surface area contributed by atoms with E-state index < -0.39 is 26.4 Å². The van der Waals surface area contributed by atoms with E-state index >= 15 is 0 Å². The smallest absolute Gasteiger partial charge is 0.414 e. The molecular weight excluding hydrogens is 375 g/mol. The van der Waals surface area contributed by atoms with Crippen LogP contribution in [0.2, 0.25) is 18.1 Å². The summed E-state index contributed by atoms with van der Waals surface area (Å²) in [6.45, 7) is 9.76. The molecule has 1 N–H and O–H groups in total. The van der Waals surface area contributed by atoms with Gasteiger partial charge in [-0.2, -0.15) is 13.2 Å². The van der Waals surface area contributed by atoms with Gasteiger partial charge in [0.2, 0.25) is 0 Å². The van der Waals surface area contributed by atoms with Crippen LogP contribution in [0.25, 0.3) is 0 Å². The van der Waals surface area contributed by atoms with E-state index in [1.165, 1.54) is 6.08 Å². The number of hydrogen-bond donors (Lipinski definition) is 1. The van der Waals surface area contributed by atoms with E-state index in [4.69, 9.17) is 4.43 Å². The molecule has 0 aliphatic heterocycles. The van der Waals surface area contributed by atoms with Crippen molar-refractivity contribution in [1.82, 2.24) is 5.32 Å². The predicted octanol–water partition coefficient (Wildman–Crippen LogP) is 4.49. The Bertz CT molecular complexity index is 680. The Morgan fingerprint density at radius 3 is 2.19 bits per heavy atom. The van der Waals surface area contributed by atoms with Crippen LogP contribution >= 0.6 is 0 Å². The summed E-state index contributed by atoms with van der Waals surface area (Å²) in [4.78, 5) is 23.5. The fraction of sp³-hybridized carbons (Fsp3) is 0.474. The maximum atomic E-state index is 12.6. The highest BCUT2D eigenvalue weighted by atomic mass is 28.4. The monoisotopic (exact) mass is 401 g/mol. The lowest BCUT2D eigenvalue weighted by Crippen LogP contribution is -2.48. The zero-order chi connectivity index (χ0) is 20.9. The summed E-state index contributed by atoms with van der Waals surface area (Å²) in [5.41, 5.74) is 0.403. The Morgan fingerprint density at radius 1 is 1.15 bits per heavy atom. The van der Waals surface area contributed by atoms with Crippen molar-refractivity contribution in [3.05, 3.63) is 48.0 Å². The summed E-state index contributed by atoms with van der Waals surface area (Å²) in [6, 6.07) is 7.25. The Balaban J connectivity index is 2.92. The van der Waals surface area contributed by atoms with Crippen molar-refractivity contribution in [2.45, 2.75) is 51.1 Å². The molecule has 0 radical (unpaired) electrons. The Morgan fingerprint density at radius 2 is 1.70 bits per heavy atom. The molecule has 0 saturated heterocycles. The van der Waals surface area contributed by atoms with E-state index in [0.29, 0.717) is 5.56 Å². The average Bonchev–Trinajstić information content (AvgIpc) is 2.55. The second-order valence-corrected chi connectivity index (χ2v) is 12.5. The zero-order valence-electron chi connectivity index (χ0n) is 16.2. The van der Waals surface area contributed by atoms with Crippen molar-refractivity contribution in [3.63, 3.8) is 0 Å². The van der Waals surface area contributed by atoms with Gasteiger partial charge in [0, 0.05) is 5.56 Å². The van der Waals surface area contributed by atoms with Gasteiger partial charge < -0.3 is 9.74 Å². The Labute approximate surface area is 158 Å². The molecule has 0 aromatic heterocycles. The predicted molar refractivity (Wildman–Crippen MR) is 101 cm³/mol. The first-order valence-corrected chi connectivity index (χ1v) is 11.4. The van der Waals surface area contributed by atoms with E-state index in [-0.39, 0.29) is 17.4 Å². The molecule has 1 unspecified atom stereocenters. The number of benzene rings is 1. The first-order valence-electron chi connectivity index (χ1n) is 8.53. The summed E-state index contributed by atoms with van der Waals surface area (Å²) in [5.74, 6) is -2.43. The highest BCUT2D eigenvalue weighted by molar-refractivity contribution is 6.74. The maximum Gasteiger partial charge on any atom is 0.471 e. The van der Waals surface area contributed by atoms with Crippen LogP contribution in [0, 0.1) is 0 Å². The van der Waals surface area contributed by atoms with Crippen LogP contribution in [0.15, 0.2) is 42.5 Å².